The average Bonchev–Trinajstić information content (AvgIpc) is 3.18. The van der Waals surface area contributed by atoms with E-state index in [2.05, 4.69) is 136 Å². The first kappa shape index (κ1) is 46.9. The van der Waals surface area contributed by atoms with Gasteiger partial charge in [-0.15, -0.1) is 0 Å². The van der Waals surface area contributed by atoms with Crippen LogP contribution in [-0.4, -0.2) is 19.5 Å². The lowest BCUT2D eigenvalue weighted by molar-refractivity contribution is -0.148. The predicted molar refractivity (Wildman–Crippen MR) is 250 cm³/mol. The zero-order valence-corrected chi connectivity index (χ0v) is 38.2. The molecule has 0 heterocycles. The number of hydrogen-bond acceptors (Lipinski definition) is 2. The first-order valence-corrected chi connectivity index (χ1v) is 26.7. The maximum atomic E-state index is 6.29. The van der Waals surface area contributed by atoms with Crippen LogP contribution < -0.4 is 15.9 Å². The van der Waals surface area contributed by atoms with Crippen LogP contribution in [0.5, 0.6) is 0 Å². The highest BCUT2D eigenvalue weighted by atomic mass is 127. The fourth-order valence-corrected chi connectivity index (χ4v) is 15.8. The highest BCUT2D eigenvalue weighted by Gasteiger charge is 2.46. The lowest BCUT2D eigenvalue weighted by Gasteiger charge is -2.25. The van der Waals surface area contributed by atoms with Gasteiger partial charge in [0, 0.05) is 13.2 Å². The Morgan fingerprint density at radius 2 is 0.981 bits per heavy atom. The Bertz CT molecular complexity index is 1370. The maximum Gasteiger partial charge on any atom is 0.173 e. The summed E-state index contributed by atoms with van der Waals surface area (Å²) in [6.07, 6.45) is 32.7. The van der Waals surface area contributed by atoms with Gasteiger partial charge in [-0.2, -0.15) is 0 Å². The molecule has 4 heteroatoms. The summed E-state index contributed by atoms with van der Waals surface area (Å²) in [6, 6.07) is 25.2. The number of benzene rings is 3. The van der Waals surface area contributed by atoms with Gasteiger partial charge in [-0.3, -0.25) is 0 Å². The number of ether oxygens (including phenoxy) is 2. The molecule has 3 aromatic rings. The second kappa shape index (κ2) is 28.8. The predicted octanol–water partition coefficient (Wildman–Crippen LogP) is 14.9. The average molecular weight is 868 g/mol. The van der Waals surface area contributed by atoms with Crippen LogP contribution in [0.4, 0.5) is 0 Å². The fraction of sp³-hybridized carbons (Fsp3) is 0.600. The van der Waals surface area contributed by atoms with E-state index < -0.39 is 4.90 Å². The van der Waals surface area contributed by atoms with Crippen molar-refractivity contribution in [3.63, 3.8) is 0 Å². The van der Waals surface area contributed by atoms with Gasteiger partial charge in [0.15, 0.2) is 33.2 Å². The van der Waals surface area contributed by atoms with Crippen molar-refractivity contribution in [3.8, 4) is 0 Å². The normalized spacial score (nSPS) is 12.1. The third-order valence-corrected chi connectivity index (χ3v) is 19.2. The van der Waals surface area contributed by atoms with Crippen molar-refractivity contribution in [2.45, 2.75) is 182 Å². The van der Waals surface area contributed by atoms with E-state index in [0.29, 0.717) is 0 Å². The molecule has 0 radical (unpaired) electrons. The standard InChI is InChI=1S/C50H77IO2P/c1-6-8-10-12-18-22-30-41-52-50(53-42-31-23-19-13-11-9-7-2)40-25-21-17-15-14-16-20-24-35-46-36-32-39-49(45(46)5)54(51,47-37-28-26-33-43(47)3)48-38-29-27-34-44(48)4/h14,16,26-29,32-34,36-39,50H,6-13,15,17-25,30-31,35,40-42H2,1-5H3/q+1/b16-14+. The third kappa shape index (κ3) is 16.9. The molecule has 0 aromatic heterocycles. The Labute approximate surface area is 346 Å². The lowest BCUT2D eigenvalue weighted by atomic mass is 10.0. The molecule has 0 aliphatic heterocycles. The second-order valence-electron chi connectivity index (χ2n) is 15.6. The van der Waals surface area contributed by atoms with E-state index >= 15 is 0 Å². The molecule has 300 valence electrons. The molecule has 0 amide bonds. The van der Waals surface area contributed by atoms with Gasteiger partial charge in [-0.1, -0.05) is 158 Å². The highest BCUT2D eigenvalue weighted by Crippen LogP contribution is 2.65. The van der Waals surface area contributed by atoms with Gasteiger partial charge in [0.2, 0.25) is 0 Å². The number of hydrogen-bond donors (Lipinski definition) is 0. The van der Waals surface area contributed by atoms with Gasteiger partial charge >= 0.3 is 0 Å². The third-order valence-electron chi connectivity index (χ3n) is 11.0. The van der Waals surface area contributed by atoms with Gasteiger partial charge in [0.05, 0.1) is 0 Å². The molecule has 0 N–H and O–H groups in total. The van der Waals surface area contributed by atoms with Crippen LogP contribution in [0.25, 0.3) is 0 Å². The minimum Gasteiger partial charge on any atom is -0.353 e. The number of allylic oxidation sites excluding steroid dienone is 2. The molecular weight excluding hydrogens is 790 g/mol. The van der Waals surface area contributed by atoms with Gasteiger partial charge in [0.1, 0.15) is 15.9 Å². The summed E-state index contributed by atoms with van der Waals surface area (Å²) in [5.74, 6) is 0. The maximum absolute atomic E-state index is 6.29. The van der Waals surface area contributed by atoms with Crippen molar-refractivity contribution in [2.24, 2.45) is 0 Å². The molecule has 0 aliphatic carbocycles. The molecule has 0 spiro atoms. The number of halogens is 1. The Hall–Kier alpha value is -1.52. The summed E-state index contributed by atoms with van der Waals surface area (Å²) in [5.41, 5.74) is 5.75. The summed E-state index contributed by atoms with van der Waals surface area (Å²) >= 11 is 2.85. The molecule has 0 saturated carbocycles. The van der Waals surface area contributed by atoms with Crippen LogP contribution >= 0.6 is 26.9 Å². The first-order valence-electron chi connectivity index (χ1n) is 22.1. The Balaban J connectivity index is 1.42. The Morgan fingerprint density at radius 1 is 0.519 bits per heavy atom. The van der Waals surface area contributed by atoms with Crippen LogP contribution in [0.3, 0.4) is 0 Å². The van der Waals surface area contributed by atoms with E-state index in [1.54, 1.807) is 0 Å². The van der Waals surface area contributed by atoms with Crippen molar-refractivity contribution in [1.82, 2.24) is 0 Å². The molecule has 0 bridgehead atoms. The summed E-state index contributed by atoms with van der Waals surface area (Å²) in [5, 5.41) is 4.50. The number of unbranched alkanes of at least 4 members (excludes halogenated alkanes) is 16. The number of aryl methyl sites for hydroxylation is 3. The Kier molecular flexibility index (Phi) is 25.0. The molecule has 0 atom stereocenters. The van der Waals surface area contributed by atoms with Gasteiger partial charge in [-0.05, 0) is 119 Å². The van der Waals surface area contributed by atoms with Crippen molar-refractivity contribution < 1.29 is 9.47 Å². The smallest absolute Gasteiger partial charge is 0.173 e. The topological polar surface area (TPSA) is 18.5 Å². The minimum atomic E-state index is -1.82. The highest BCUT2D eigenvalue weighted by molar-refractivity contribution is 14.2. The molecule has 3 rings (SSSR count). The van der Waals surface area contributed by atoms with Crippen molar-refractivity contribution in [3.05, 3.63) is 101 Å². The quantitative estimate of drug-likeness (QED) is 0.0211. The molecule has 0 saturated heterocycles. The van der Waals surface area contributed by atoms with Crippen LogP contribution in [-0.2, 0) is 15.9 Å². The van der Waals surface area contributed by atoms with E-state index in [1.165, 1.54) is 160 Å². The largest absolute Gasteiger partial charge is 0.353 e. The summed E-state index contributed by atoms with van der Waals surface area (Å²) < 4.78 is 12.6. The van der Waals surface area contributed by atoms with Gasteiger partial charge < -0.3 is 9.47 Å². The summed E-state index contributed by atoms with van der Waals surface area (Å²) in [6.45, 7) is 13.2. The van der Waals surface area contributed by atoms with Crippen LogP contribution in [0.1, 0.15) is 171 Å². The van der Waals surface area contributed by atoms with Crippen molar-refractivity contribution >= 4 is 42.9 Å². The monoisotopic (exact) mass is 867 g/mol. The zero-order valence-electron chi connectivity index (χ0n) is 35.2. The molecule has 0 aliphatic rings. The van der Waals surface area contributed by atoms with Gasteiger partial charge in [0.25, 0.3) is 0 Å². The van der Waals surface area contributed by atoms with E-state index in [0.717, 1.165) is 32.5 Å². The van der Waals surface area contributed by atoms with Crippen LogP contribution in [0.2, 0.25) is 0 Å². The SMILES string of the molecule is CCCCCCCCCOC(CCCCC/C=C/CCCc1cccc([P+](I)(c2ccccc2C)c2ccccc2C)c1C)OCCCCCCCCC. The minimum absolute atomic E-state index is 0.0180. The van der Waals surface area contributed by atoms with E-state index in [4.69, 9.17) is 9.47 Å². The molecule has 0 unspecified atom stereocenters. The van der Waals surface area contributed by atoms with Gasteiger partial charge in [-0.25, -0.2) is 0 Å². The molecular formula is C50H77IO2P+. The van der Waals surface area contributed by atoms with Crippen molar-refractivity contribution in [1.29, 1.82) is 0 Å². The second-order valence-corrected chi connectivity index (χ2v) is 22.6. The molecule has 54 heavy (non-hydrogen) atoms. The molecule has 0 fully saturated rings. The Morgan fingerprint density at radius 3 is 1.52 bits per heavy atom. The molecule has 2 nitrogen and oxygen atoms in total. The fourth-order valence-electron chi connectivity index (χ4n) is 7.64. The van der Waals surface area contributed by atoms with Crippen LogP contribution in [0.15, 0.2) is 78.9 Å². The van der Waals surface area contributed by atoms with E-state index in [-0.39, 0.29) is 6.29 Å². The van der Waals surface area contributed by atoms with Crippen molar-refractivity contribution in [2.75, 3.05) is 13.2 Å². The van der Waals surface area contributed by atoms with E-state index in [1.807, 2.05) is 0 Å². The molecule has 3 aromatic carbocycles. The zero-order chi connectivity index (χ0) is 38.7. The number of rotatable bonds is 31. The van der Waals surface area contributed by atoms with Crippen LogP contribution in [0, 0.1) is 20.8 Å². The lowest BCUT2D eigenvalue weighted by Crippen LogP contribution is -2.31. The summed E-state index contributed by atoms with van der Waals surface area (Å²) in [7, 11) is 0. The summed E-state index contributed by atoms with van der Waals surface area (Å²) in [4.78, 5) is -1.82. The van der Waals surface area contributed by atoms with E-state index in [9.17, 15) is 0 Å². The first-order chi connectivity index (χ1) is 26.4.